The molecule has 0 unspecified atom stereocenters. The number of esters is 1. The molecule has 13 heteroatoms. The van der Waals surface area contributed by atoms with E-state index >= 15 is 0 Å². The molecule has 1 N–H and O–H groups in total. The first kappa shape index (κ1) is 32.1. The lowest BCUT2D eigenvalue weighted by molar-refractivity contribution is -0.247. The highest BCUT2D eigenvalue weighted by Gasteiger charge is 2.31. The summed E-state index contributed by atoms with van der Waals surface area (Å²) in [5.41, 5.74) is 1.08. The van der Waals surface area contributed by atoms with Crippen LogP contribution in [0.3, 0.4) is 0 Å². The standard InChI is InChI=1S/C31H34Cl2N4O6S/c1-30(2,3)43-29(38)17-37(44(39,40)26-14-21(32)13-22(33)15-26)25-7-8-27-20(12-25)10-11-36(27)28-9-6-23(16-34-28)35-24-18-41-31(4,5)42-19-24/h6-16,24,35H,17-19H2,1-5H3. The van der Waals surface area contributed by atoms with Gasteiger partial charge in [0.05, 0.1) is 47.2 Å². The Morgan fingerprint density at radius 2 is 1.75 bits per heavy atom. The number of ether oxygens (including phenoxy) is 3. The molecule has 0 atom stereocenters. The fourth-order valence-corrected chi connectivity index (χ4v) is 6.85. The van der Waals surface area contributed by atoms with Gasteiger partial charge in [-0.2, -0.15) is 0 Å². The highest BCUT2D eigenvalue weighted by molar-refractivity contribution is 7.92. The number of anilines is 2. The molecule has 3 heterocycles. The molecule has 1 fully saturated rings. The molecule has 2 aromatic carbocycles. The van der Waals surface area contributed by atoms with Gasteiger partial charge < -0.3 is 24.1 Å². The fraction of sp³-hybridized carbons (Fsp3) is 0.355. The van der Waals surface area contributed by atoms with Gasteiger partial charge in [-0.15, -0.1) is 0 Å². The third kappa shape index (κ3) is 7.47. The Balaban J connectivity index is 1.43. The molecule has 0 aliphatic carbocycles. The van der Waals surface area contributed by atoms with Crippen LogP contribution in [0.1, 0.15) is 34.6 Å². The summed E-state index contributed by atoms with van der Waals surface area (Å²) in [6.07, 6.45) is 3.58. The number of hydrogen-bond donors (Lipinski definition) is 1. The molecule has 0 saturated carbocycles. The highest BCUT2D eigenvalue weighted by atomic mass is 35.5. The van der Waals surface area contributed by atoms with E-state index in [1.54, 1.807) is 45.2 Å². The van der Waals surface area contributed by atoms with Crippen LogP contribution in [0, 0.1) is 0 Å². The molecule has 44 heavy (non-hydrogen) atoms. The zero-order valence-electron chi connectivity index (χ0n) is 25.0. The van der Waals surface area contributed by atoms with Crippen LogP contribution in [0.25, 0.3) is 16.7 Å². The van der Waals surface area contributed by atoms with Crippen molar-refractivity contribution in [1.29, 1.82) is 0 Å². The quantitative estimate of drug-likeness (QED) is 0.215. The van der Waals surface area contributed by atoms with Gasteiger partial charge in [0, 0.05) is 21.6 Å². The summed E-state index contributed by atoms with van der Waals surface area (Å²) in [5.74, 6) is -0.627. The monoisotopic (exact) mass is 660 g/mol. The van der Waals surface area contributed by atoms with Gasteiger partial charge in [0.15, 0.2) is 5.79 Å². The van der Waals surface area contributed by atoms with Crippen LogP contribution in [-0.4, -0.2) is 61.1 Å². The molecule has 0 amide bonds. The number of benzene rings is 2. The Morgan fingerprint density at radius 3 is 2.36 bits per heavy atom. The van der Waals surface area contributed by atoms with Crippen LogP contribution < -0.4 is 9.62 Å². The Hall–Kier alpha value is -3.35. The van der Waals surface area contributed by atoms with Crippen molar-refractivity contribution in [2.75, 3.05) is 29.4 Å². The first-order valence-electron chi connectivity index (χ1n) is 13.9. The topological polar surface area (TPSA) is 112 Å². The first-order valence-corrected chi connectivity index (χ1v) is 16.1. The fourth-order valence-electron chi connectivity index (χ4n) is 4.72. The first-order chi connectivity index (χ1) is 20.6. The number of nitrogens with zero attached hydrogens (tertiary/aromatic N) is 3. The second kappa shape index (κ2) is 12.2. The summed E-state index contributed by atoms with van der Waals surface area (Å²) in [6, 6.07) is 14.8. The van der Waals surface area contributed by atoms with Gasteiger partial charge in [0.25, 0.3) is 10.0 Å². The zero-order valence-corrected chi connectivity index (χ0v) is 27.3. The predicted octanol–water partition coefficient (Wildman–Crippen LogP) is 6.43. The van der Waals surface area contributed by atoms with E-state index in [0.29, 0.717) is 19.0 Å². The average Bonchev–Trinajstić information content (AvgIpc) is 3.35. The molecular formula is C31H34Cl2N4O6S. The molecular weight excluding hydrogens is 627 g/mol. The van der Waals surface area contributed by atoms with E-state index in [9.17, 15) is 13.2 Å². The Morgan fingerprint density at radius 1 is 1.07 bits per heavy atom. The number of sulfonamides is 1. The molecule has 0 spiro atoms. The van der Waals surface area contributed by atoms with Crippen LogP contribution in [0.2, 0.25) is 10.0 Å². The van der Waals surface area contributed by atoms with Crippen LogP contribution >= 0.6 is 23.2 Å². The number of pyridine rings is 1. The van der Waals surface area contributed by atoms with Crippen LogP contribution in [0.5, 0.6) is 0 Å². The van der Waals surface area contributed by atoms with E-state index in [1.807, 2.05) is 42.8 Å². The number of carbonyl (C=O) groups excluding carboxylic acids is 1. The lowest BCUT2D eigenvalue weighted by atomic mass is 10.2. The van der Waals surface area contributed by atoms with E-state index in [1.165, 1.54) is 18.2 Å². The van der Waals surface area contributed by atoms with Crippen molar-refractivity contribution < 1.29 is 27.4 Å². The van der Waals surface area contributed by atoms with Crippen molar-refractivity contribution in [3.63, 3.8) is 0 Å². The summed E-state index contributed by atoms with van der Waals surface area (Å²) in [5, 5.41) is 4.41. The number of nitrogens with one attached hydrogen (secondary N) is 1. The lowest BCUT2D eigenvalue weighted by Crippen LogP contribution is -2.45. The van der Waals surface area contributed by atoms with E-state index < -0.39 is 33.9 Å². The second-order valence-corrected chi connectivity index (χ2v) is 14.6. The number of rotatable bonds is 8. The van der Waals surface area contributed by atoms with Crippen molar-refractivity contribution >= 4 is 61.5 Å². The third-order valence-corrected chi connectivity index (χ3v) is 8.90. The smallest absolute Gasteiger partial charge is 0.327 e. The Kier molecular flexibility index (Phi) is 8.90. The van der Waals surface area contributed by atoms with Crippen molar-refractivity contribution in [3.8, 4) is 5.82 Å². The van der Waals surface area contributed by atoms with E-state index in [2.05, 4.69) is 10.3 Å². The van der Waals surface area contributed by atoms with Gasteiger partial charge in [-0.05, 0) is 89.2 Å². The molecule has 1 aliphatic heterocycles. The van der Waals surface area contributed by atoms with Gasteiger partial charge in [0.1, 0.15) is 18.0 Å². The van der Waals surface area contributed by atoms with Gasteiger partial charge in [-0.3, -0.25) is 9.10 Å². The maximum Gasteiger partial charge on any atom is 0.327 e. The summed E-state index contributed by atoms with van der Waals surface area (Å²) in [7, 11) is -4.27. The predicted molar refractivity (Wildman–Crippen MR) is 171 cm³/mol. The normalized spacial score (nSPS) is 15.7. The summed E-state index contributed by atoms with van der Waals surface area (Å²) in [6.45, 7) is 9.39. The molecule has 2 aromatic heterocycles. The minimum Gasteiger partial charge on any atom is -0.459 e. The van der Waals surface area contributed by atoms with Gasteiger partial charge in [-0.1, -0.05) is 23.2 Å². The number of fused-ring (bicyclic) bond motifs is 1. The average molecular weight is 662 g/mol. The van der Waals surface area contributed by atoms with Crippen LogP contribution in [-0.2, 0) is 29.0 Å². The van der Waals surface area contributed by atoms with Crippen molar-refractivity contribution in [2.24, 2.45) is 0 Å². The number of aromatic nitrogens is 2. The van der Waals surface area contributed by atoms with Crippen LogP contribution in [0.15, 0.2) is 71.9 Å². The lowest BCUT2D eigenvalue weighted by Gasteiger charge is -2.35. The minimum absolute atomic E-state index is 0.00402. The molecule has 10 nitrogen and oxygen atoms in total. The van der Waals surface area contributed by atoms with Gasteiger partial charge >= 0.3 is 5.97 Å². The number of carbonyl (C=O) groups is 1. The van der Waals surface area contributed by atoms with E-state index in [-0.39, 0.29) is 26.7 Å². The maximum absolute atomic E-state index is 13.9. The van der Waals surface area contributed by atoms with Gasteiger partial charge in [0.2, 0.25) is 0 Å². The molecule has 0 radical (unpaired) electrons. The molecule has 0 bridgehead atoms. The third-order valence-electron chi connectivity index (χ3n) is 6.71. The zero-order chi connectivity index (χ0) is 31.9. The molecule has 234 valence electrons. The second-order valence-electron chi connectivity index (χ2n) is 11.9. The SMILES string of the molecule is CC(C)(C)OC(=O)CN(c1ccc2c(ccn2-c2ccc(NC3COC(C)(C)OC3)cn2)c1)S(=O)(=O)c1cc(Cl)cc(Cl)c1. The summed E-state index contributed by atoms with van der Waals surface area (Å²) < 4.78 is 47.5. The molecule has 5 rings (SSSR count). The minimum atomic E-state index is -4.27. The molecule has 1 saturated heterocycles. The Labute approximate surface area is 266 Å². The molecule has 4 aromatic rings. The van der Waals surface area contributed by atoms with E-state index in [4.69, 9.17) is 37.4 Å². The largest absolute Gasteiger partial charge is 0.459 e. The Bertz CT molecular complexity index is 1750. The van der Waals surface area contributed by atoms with Crippen molar-refractivity contribution in [2.45, 2.75) is 56.9 Å². The highest BCUT2D eigenvalue weighted by Crippen LogP contribution is 2.31. The van der Waals surface area contributed by atoms with Gasteiger partial charge in [-0.25, -0.2) is 13.4 Å². The van der Waals surface area contributed by atoms with Crippen molar-refractivity contribution in [3.05, 3.63) is 77.0 Å². The number of halogens is 2. The van der Waals surface area contributed by atoms with Crippen molar-refractivity contribution in [1.82, 2.24) is 9.55 Å². The summed E-state index contributed by atoms with van der Waals surface area (Å²) >= 11 is 12.2. The number of hydrogen-bond acceptors (Lipinski definition) is 8. The van der Waals surface area contributed by atoms with Crippen LogP contribution in [0.4, 0.5) is 11.4 Å². The summed E-state index contributed by atoms with van der Waals surface area (Å²) in [4.78, 5) is 17.3. The van der Waals surface area contributed by atoms with E-state index in [0.717, 1.165) is 20.9 Å². The maximum atomic E-state index is 13.9. The molecule has 1 aliphatic rings.